The number of rotatable bonds is 5. The molecule has 6 heteroatoms. The highest BCUT2D eigenvalue weighted by Gasteiger charge is 2.30. The van der Waals surface area contributed by atoms with Crippen molar-refractivity contribution in [1.82, 2.24) is 10.6 Å². The molecule has 6 nitrogen and oxygen atoms in total. The number of esters is 1. The zero-order valence-electron chi connectivity index (χ0n) is 13.7. The number of methoxy groups -OCH3 is 1. The Morgan fingerprint density at radius 1 is 1.38 bits per heavy atom. The summed E-state index contributed by atoms with van der Waals surface area (Å²) in [6.45, 7) is 8.62. The summed E-state index contributed by atoms with van der Waals surface area (Å²) in [7, 11) is 1.35. The zero-order valence-corrected chi connectivity index (χ0v) is 13.7. The first-order valence-corrected chi connectivity index (χ1v) is 7.50. The maximum atomic E-state index is 11.9. The van der Waals surface area contributed by atoms with E-state index in [4.69, 9.17) is 9.47 Å². The Morgan fingerprint density at radius 2 is 2.05 bits per heavy atom. The molecule has 0 aromatic rings. The molecule has 0 saturated carbocycles. The lowest BCUT2D eigenvalue weighted by Crippen LogP contribution is -2.49. The van der Waals surface area contributed by atoms with Crippen LogP contribution >= 0.6 is 0 Å². The first-order chi connectivity index (χ1) is 9.76. The Kier molecular flexibility index (Phi) is 6.45. The molecule has 0 radical (unpaired) electrons. The van der Waals surface area contributed by atoms with Crippen molar-refractivity contribution in [1.29, 1.82) is 0 Å². The number of ether oxygens (including phenoxy) is 2. The Morgan fingerprint density at radius 3 is 2.62 bits per heavy atom. The van der Waals surface area contributed by atoms with Crippen molar-refractivity contribution in [2.24, 2.45) is 11.3 Å². The van der Waals surface area contributed by atoms with Crippen molar-refractivity contribution in [2.45, 2.75) is 52.7 Å². The smallest absolute Gasteiger partial charge is 0.315 e. The van der Waals surface area contributed by atoms with Gasteiger partial charge in [0, 0.05) is 19.2 Å². The van der Waals surface area contributed by atoms with Crippen LogP contribution in [0.15, 0.2) is 0 Å². The first kappa shape index (κ1) is 17.8. The van der Waals surface area contributed by atoms with Crippen LogP contribution in [0.25, 0.3) is 0 Å². The summed E-state index contributed by atoms with van der Waals surface area (Å²) in [4.78, 5) is 23.5. The molecule has 1 saturated heterocycles. The molecule has 2 amide bonds. The molecule has 1 aliphatic heterocycles. The molecule has 0 unspecified atom stereocenters. The van der Waals surface area contributed by atoms with Gasteiger partial charge >= 0.3 is 12.0 Å². The molecule has 21 heavy (non-hydrogen) atoms. The summed E-state index contributed by atoms with van der Waals surface area (Å²) in [5.41, 5.74) is -0.734. The van der Waals surface area contributed by atoms with E-state index in [1.165, 1.54) is 7.11 Å². The molecule has 0 aromatic heterocycles. The molecule has 1 aliphatic rings. The fourth-order valence-corrected chi connectivity index (χ4v) is 2.31. The quantitative estimate of drug-likeness (QED) is 0.758. The van der Waals surface area contributed by atoms with Crippen LogP contribution in [0.5, 0.6) is 0 Å². The molecule has 1 fully saturated rings. The van der Waals surface area contributed by atoms with E-state index in [9.17, 15) is 9.59 Å². The molecule has 122 valence electrons. The second kappa shape index (κ2) is 7.64. The summed E-state index contributed by atoms with van der Waals surface area (Å²) >= 11 is 0. The predicted molar refractivity (Wildman–Crippen MR) is 79.9 cm³/mol. The Bertz CT molecular complexity index is 369. The van der Waals surface area contributed by atoms with Crippen molar-refractivity contribution >= 4 is 12.0 Å². The van der Waals surface area contributed by atoms with E-state index in [1.54, 1.807) is 13.8 Å². The van der Waals surface area contributed by atoms with Crippen molar-refractivity contribution in [3.63, 3.8) is 0 Å². The number of carbonyl (C=O) groups excluding carboxylic acids is 2. The monoisotopic (exact) mass is 300 g/mol. The van der Waals surface area contributed by atoms with E-state index in [1.807, 2.05) is 0 Å². The van der Waals surface area contributed by atoms with Crippen LogP contribution in [-0.4, -0.2) is 44.4 Å². The molecular formula is C15H28N2O4. The van der Waals surface area contributed by atoms with Gasteiger partial charge in [0.05, 0.1) is 18.6 Å². The highest BCUT2D eigenvalue weighted by Crippen LogP contribution is 2.20. The second-order valence-corrected chi connectivity index (χ2v) is 6.58. The highest BCUT2D eigenvalue weighted by molar-refractivity contribution is 5.78. The summed E-state index contributed by atoms with van der Waals surface area (Å²) in [5.74, 6) is 0.102. The Labute approximate surface area is 126 Å². The first-order valence-electron chi connectivity index (χ1n) is 7.50. The van der Waals surface area contributed by atoms with Gasteiger partial charge in [0.25, 0.3) is 0 Å². The van der Waals surface area contributed by atoms with Gasteiger partial charge in [0.2, 0.25) is 0 Å². The van der Waals surface area contributed by atoms with Gasteiger partial charge in [-0.05, 0) is 32.6 Å². The lowest BCUT2D eigenvalue weighted by Gasteiger charge is -2.32. The van der Waals surface area contributed by atoms with Crippen LogP contribution in [-0.2, 0) is 14.3 Å². The van der Waals surface area contributed by atoms with Crippen molar-refractivity contribution < 1.29 is 19.1 Å². The molecule has 0 aliphatic carbocycles. The maximum absolute atomic E-state index is 11.9. The van der Waals surface area contributed by atoms with E-state index in [2.05, 4.69) is 24.5 Å². The number of nitrogens with one attached hydrogen (secondary N) is 2. The third kappa shape index (κ3) is 5.53. The normalized spacial score (nSPS) is 22.8. The number of hydrogen-bond donors (Lipinski definition) is 2. The molecule has 0 bridgehead atoms. The topological polar surface area (TPSA) is 76.7 Å². The largest absolute Gasteiger partial charge is 0.469 e. The molecule has 1 heterocycles. The fraction of sp³-hybridized carbons (Fsp3) is 0.867. The minimum absolute atomic E-state index is 0.118. The average Bonchev–Trinajstić information content (AvgIpc) is 2.44. The van der Waals surface area contributed by atoms with Crippen LogP contribution < -0.4 is 10.6 Å². The van der Waals surface area contributed by atoms with Gasteiger partial charge in [-0.15, -0.1) is 0 Å². The Balaban J connectivity index is 2.38. The fourth-order valence-electron chi connectivity index (χ4n) is 2.31. The minimum atomic E-state index is -0.734. The lowest BCUT2D eigenvalue weighted by molar-refractivity contribution is -0.150. The summed E-state index contributed by atoms with van der Waals surface area (Å²) in [6.07, 6.45) is 1.83. The molecule has 1 rings (SSSR count). The SMILES string of the molecule is COC(=O)C(C)(C)CNC(=O)N[C@H]1CCO[C@@H](C(C)C)C1. The van der Waals surface area contributed by atoms with Crippen LogP contribution in [0.1, 0.15) is 40.5 Å². The van der Waals surface area contributed by atoms with Crippen LogP contribution in [0.4, 0.5) is 4.79 Å². The predicted octanol–water partition coefficient (Wildman–Crippen LogP) is 1.69. The van der Waals surface area contributed by atoms with Gasteiger partial charge in [0.1, 0.15) is 0 Å². The van der Waals surface area contributed by atoms with Crippen LogP contribution in [0.2, 0.25) is 0 Å². The number of hydrogen-bond acceptors (Lipinski definition) is 4. The van der Waals surface area contributed by atoms with E-state index >= 15 is 0 Å². The maximum Gasteiger partial charge on any atom is 0.315 e. The van der Waals surface area contributed by atoms with Crippen molar-refractivity contribution in [3.8, 4) is 0 Å². The van der Waals surface area contributed by atoms with Crippen LogP contribution in [0, 0.1) is 11.3 Å². The summed E-state index contributed by atoms with van der Waals surface area (Å²) in [6, 6.07) is -0.131. The molecule has 2 atom stereocenters. The van der Waals surface area contributed by atoms with Crippen LogP contribution in [0.3, 0.4) is 0 Å². The zero-order chi connectivity index (χ0) is 16.0. The molecule has 0 spiro atoms. The second-order valence-electron chi connectivity index (χ2n) is 6.58. The number of urea groups is 1. The number of carbonyl (C=O) groups is 2. The van der Waals surface area contributed by atoms with Crippen molar-refractivity contribution in [2.75, 3.05) is 20.3 Å². The van der Waals surface area contributed by atoms with Gasteiger partial charge in [-0.2, -0.15) is 0 Å². The van der Waals surface area contributed by atoms with Gasteiger partial charge in [-0.3, -0.25) is 4.79 Å². The van der Waals surface area contributed by atoms with Gasteiger partial charge < -0.3 is 20.1 Å². The highest BCUT2D eigenvalue weighted by atomic mass is 16.5. The van der Waals surface area contributed by atoms with E-state index in [-0.39, 0.29) is 30.7 Å². The average molecular weight is 300 g/mol. The van der Waals surface area contributed by atoms with Gasteiger partial charge in [-0.25, -0.2) is 4.79 Å². The standard InChI is InChI=1S/C15H28N2O4/c1-10(2)12-8-11(6-7-21-12)17-14(19)16-9-15(3,4)13(18)20-5/h10-12H,6-9H2,1-5H3,(H2,16,17,19)/t11-,12+/m0/s1. The third-order valence-electron chi connectivity index (χ3n) is 3.82. The van der Waals surface area contributed by atoms with E-state index in [0.29, 0.717) is 12.5 Å². The summed E-state index contributed by atoms with van der Waals surface area (Å²) < 4.78 is 10.4. The lowest BCUT2D eigenvalue weighted by atomic mass is 9.94. The number of amides is 2. The summed E-state index contributed by atoms with van der Waals surface area (Å²) in [5, 5.41) is 5.69. The minimum Gasteiger partial charge on any atom is -0.469 e. The molecular weight excluding hydrogens is 272 g/mol. The molecule has 2 N–H and O–H groups in total. The molecule has 0 aromatic carbocycles. The Hall–Kier alpha value is -1.30. The van der Waals surface area contributed by atoms with Gasteiger partial charge in [-0.1, -0.05) is 13.8 Å². The van der Waals surface area contributed by atoms with Crippen molar-refractivity contribution in [3.05, 3.63) is 0 Å². The van der Waals surface area contributed by atoms with E-state index in [0.717, 1.165) is 12.8 Å². The third-order valence-corrected chi connectivity index (χ3v) is 3.82. The van der Waals surface area contributed by atoms with Gasteiger partial charge in [0.15, 0.2) is 0 Å². The van der Waals surface area contributed by atoms with E-state index < -0.39 is 5.41 Å².